The Labute approximate surface area is 144 Å². The third-order valence-corrected chi connectivity index (χ3v) is 4.32. The largest absolute Gasteiger partial charge is 0.504 e. The number of phenolic OH excluding ortho intramolecular Hbond substituents is 2. The molecule has 1 aliphatic rings. The van der Waals surface area contributed by atoms with Crippen molar-refractivity contribution >= 4 is 23.2 Å². The first-order valence-corrected chi connectivity index (χ1v) is 8.00. The van der Waals surface area contributed by atoms with Gasteiger partial charge in [-0.2, -0.15) is 0 Å². The number of carbonyl (C=O) groups excluding carboxylic acids is 2. The summed E-state index contributed by atoms with van der Waals surface area (Å²) in [7, 11) is 1.81. The van der Waals surface area contributed by atoms with Gasteiger partial charge < -0.3 is 15.1 Å². The fourth-order valence-electron chi connectivity index (χ4n) is 2.92. The van der Waals surface area contributed by atoms with Gasteiger partial charge in [-0.05, 0) is 13.1 Å². The molecule has 0 bridgehead atoms. The molecule has 0 saturated heterocycles. The lowest BCUT2D eigenvalue weighted by molar-refractivity contribution is 0.0976. The molecule has 6 heteroatoms. The zero-order valence-corrected chi connectivity index (χ0v) is 13.8. The van der Waals surface area contributed by atoms with Gasteiger partial charge in [0.05, 0.1) is 5.56 Å². The molecule has 0 heterocycles. The second kappa shape index (κ2) is 6.26. The third-order valence-electron chi connectivity index (χ3n) is 4.15. The van der Waals surface area contributed by atoms with Gasteiger partial charge in [0.25, 0.3) is 0 Å². The summed E-state index contributed by atoms with van der Waals surface area (Å²) in [5.74, 6) is -1.31. The van der Waals surface area contributed by atoms with Crippen LogP contribution in [0.4, 0.5) is 0 Å². The van der Waals surface area contributed by atoms with Crippen LogP contribution in [0.3, 0.4) is 0 Å². The average molecular weight is 346 g/mol. The molecule has 24 heavy (non-hydrogen) atoms. The van der Waals surface area contributed by atoms with E-state index in [2.05, 4.69) is 0 Å². The number of hydrogen-bond donors (Lipinski definition) is 2. The summed E-state index contributed by atoms with van der Waals surface area (Å²) in [6, 6.07) is 7.94. The molecule has 3 rings (SSSR count). The maximum atomic E-state index is 12.7. The topological polar surface area (TPSA) is 77.8 Å². The first kappa shape index (κ1) is 16.5. The molecule has 0 atom stereocenters. The molecule has 5 nitrogen and oxygen atoms in total. The van der Waals surface area contributed by atoms with Crippen molar-refractivity contribution in [3.8, 4) is 11.5 Å². The zero-order valence-electron chi connectivity index (χ0n) is 13.0. The molecule has 2 aromatic rings. The van der Waals surface area contributed by atoms with Gasteiger partial charge in [-0.3, -0.25) is 9.59 Å². The lowest BCUT2D eigenvalue weighted by Gasteiger charge is -2.22. The maximum Gasteiger partial charge on any atom is 0.198 e. The highest BCUT2D eigenvalue weighted by atomic mass is 35.5. The number of fused-ring (bicyclic) bond motifs is 2. The van der Waals surface area contributed by atoms with Crippen molar-refractivity contribution in [3.63, 3.8) is 0 Å². The summed E-state index contributed by atoms with van der Waals surface area (Å²) in [5.41, 5.74) is 0.888. The van der Waals surface area contributed by atoms with Gasteiger partial charge in [0.2, 0.25) is 0 Å². The fourth-order valence-corrected chi connectivity index (χ4v) is 3.20. The number of nitrogens with zero attached hydrogens (tertiary/aromatic N) is 1. The standard InChI is InChI=1S/C18H16ClNO4/c1-20(7-6-19)9-10-8-13-14(18(24)15(10)21)17(23)12-5-3-2-4-11(12)16(13)22/h2-5,8,21,24H,6-7,9H2,1H3. The zero-order chi connectivity index (χ0) is 17.4. The lowest BCUT2D eigenvalue weighted by atomic mass is 9.82. The monoisotopic (exact) mass is 345 g/mol. The van der Waals surface area contributed by atoms with E-state index in [4.69, 9.17) is 11.6 Å². The molecular formula is C18H16ClNO4. The minimum absolute atomic E-state index is 0.114. The van der Waals surface area contributed by atoms with Crippen LogP contribution in [0.1, 0.15) is 37.4 Å². The van der Waals surface area contributed by atoms with Crippen LogP contribution in [-0.2, 0) is 6.54 Å². The third kappa shape index (κ3) is 2.56. The number of aromatic hydroxyl groups is 2. The van der Waals surface area contributed by atoms with Gasteiger partial charge in [0.15, 0.2) is 23.1 Å². The van der Waals surface area contributed by atoms with Crippen molar-refractivity contribution in [3.05, 3.63) is 58.1 Å². The molecule has 0 saturated carbocycles. The summed E-state index contributed by atoms with van der Waals surface area (Å²) in [6.07, 6.45) is 0. The summed E-state index contributed by atoms with van der Waals surface area (Å²) in [6.45, 7) is 0.872. The second-order valence-corrected chi connectivity index (χ2v) is 6.16. The Morgan fingerprint density at radius 2 is 1.62 bits per heavy atom. The summed E-state index contributed by atoms with van der Waals surface area (Å²) in [5, 5.41) is 20.6. The molecule has 0 aromatic heterocycles. The van der Waals surface area contributed by atoms with Crippen molar-refractivity contribution in [1.82, 2.24) is 4.90 Å². The second-order valence-electron chi connectivity index (χ2n) is 5.79. The van der Waals surface area contributed by atoms with Gasteiger partial charge in [-0.15, -0.1) is 11.6 Å². The van der Waals surface area contributed by atoms with Gasteiger partial charge in [0.1, 0.15) is 0 Å². The molecule has 1 aliphatic carbocycles. The van der Waals surface area contributed by atoms with Crippen molar-refractivity contribution < 1.29 is 19.8 Å². The Kier molecular flexibility index (Phi) is 4.30. The quantitative estimate of drug-likeness (QED) is 0.561. The van der Waals surface area contributed by atoms with E-state index in [0.29, 0.717) is 30.1 Å². The van der Waals surface area contributed by atoms with Crippen LogP contribution in [-0.4, -0.2) is 46.2 Å². The highest BCUT2D eigenvalue weighted by molar-refractivity contribution is 6.29. The van der Waals surface area contributed by atoms with Crippen molar-refractivity contribution in [2.24, 2.45) is 0 Å². The lowest BCUT2D eigenvalue weighted by Crippen LogP contribution is -2.23. The number of hydrogen-bond acceptors (Lipinski definition) is 5. The Balaban J connectivity index is 2.14. The average Bonchev–Trinajstić information content (AvgIpc) is 2.57. The van der Waals surface area contributed by atoms with Crippen LogP contribution in [0.5, 0.6) is 11.5 Å². The van der Waals surface area contributed by atoms with E-state index >= 15 is 0 Å². The molecule has 0 aliphatic heterocycles. The van der Waals surface area contributed by atoms with E-state index < -0.39 is 11.5 Å². The molecule has 124 valence electrons. The molecule has 0 amide bonds. The van der Waals surface area contributed by atoms with E-state index in [1.165, 1.54) is 12.1 Å². The smallest absolute Gasteiger partial charge is 0.198 e. The van der Waals surface area contributed by atoms with E-state index in [1.54, 1.807) is 25.2 Å². The van der Waals surface area contributed by atoms with E-state index in [9.17, 15) is 19.8 Å². The van der Waals surface area contributed by atoms with E-state index in [0.717, 1.165) is 0 Å². The Morgan fingerprint density at radius 3 is 2.25 bits per heavy atom. The Bertz CT molecular complexity index is 847. The first-order valence-electron chi connectivity index (χ1n) is 7.46. The molecule has 2 aromatic carbocycles. The maximum absolute atomic E-state index is 12.7. The van der Waals surface area contributed by atoms with Gasteiger partial charge in [-0.1, -0.05) is 24.3 Å². The molecule has 0 unspecified atom stereocenters. The van der Waals surface area contributed by atoms with E-state index in [-0.39, 0.29) is 28.2 Å². The molecular weight excluding hydrogens is 330 g/mol. The SMILES string of the molecule is CN(CCCl)Cc1cc2c(c(O)c1O)C(=O)c1ccccc1C2=O. The predicted molar refractivity (Wildman–Crippen MR) is 90.1 cm³/mol. The Morgan fingerprint density at radius 1 is 1.00 bits per heavy atom. The van der Waals surface area contributed by atoms with Crippen LogP contribution in [0, 0.1) is 0 Å². The van der Waals surface area contributed by atoms with Crippen LogP contribution in [0.2, 0.25) is 0 Å². The number of ketones is 2. The summed E-state index contributed by atoms with van der Waals surface area (Å²) in [4.78, 5) is 27.2. The molecule has 0 spiro atoms. The predicted octanol–water partition coefficient (Wildman–Crippen LogP) is 2.54. The highest BCUT2D eigenvalue weighted by Gasteiger charge is 2.34. The number of halogens is 1. The van der Waals surface area contributed by atoms with Crippen molar-refractivity contribution in [2.75, 3.05) is 19.5 Å². The van der Waals surface area contributed by atoms with E-state index in [1.807, 2.05) is 4.90 Å². The number of rotatable bonds is 4. The van der Waals surface area contributed by atoms with Gasteiger partial charge in [0, 0.05) is 41.2 Å². The first-order chi connectivity index (χ1) is 11.5. The molecule has 2 N–H and O–H groups in total. The Hall–Kier alpha value is -2.37. The van der Waals surface area contributed by atoms with Gasteiger partial charge in [-0.25, -0.2) is 0 Å². The fraction of sp³-hybridized carbons (Fsp3) is 0.222. The summed E-state index contributed by atoms with van der Waals surface area (Å²) >= 11 is 5.70. The van der Waals surface area contributed by atoms with Crippen LogP contribution in [0.25, 0.3) is 0 Å². The molecule has 0 fully saturated rings. The number of alkyl halides is 1. The normalized spacial score (nSPS) is 13.1. The molecule has 0 radical (unpaired) electrons. The van der Waals surface area contributed by atoms with Crippen molar-refractivity contribution in [1.29, 1.82) is 0 Å². The number of phenols is 2. The van der Waals surface area contributed by atoms with Crippen molar-refractivity contribution in [2.45, 2.75) is 6.54 Å². The van der Waals surface area contributed by atoms with Gasteiger partial charge >= 0.3 is 0 Å². The minimum Gasteiger partial charge on any atom is -0.504 e. The number of benzene rings is 2. The van der Waals surface area contributed by atoms with Crippen LogP contribution in [0.15, 0.2) is 30.3 Å². The highest BCUT2D eigenvalue weighted by Crippen LogP contribution is 2.40. The summed E-state index contributed by atoms with van der Waals surface area (Å²) < 4.78 is 0. The van der Waals surface area contributed by atoms with Crippen LogP contribution >= 0.6 is 11.6 Å². The van der Waals surface area contributed by atoms with Crippen LogP contribution < -0.4 is 0 Å². The number of carbonyl (C=O) groups is 2. The minimum atomic E-state index is -0.547.